The van der Waals surface area contributed by atoms with E-state index >= 15 is 0 Å². The van der Waals surface area contributed by atoms with Crippen LogP contribution in [0.1, 0.15) is 32.3 Å². The normalized spacial score (nSPS) is 12.2. The lowest BCUT2D eigenvalue weighted by Crippen LogP contribution is -2.13. The molecule has 1 atom stereocenters. The molecule has 0 fully saturated rings. The Hall–Kier alpha value is -1.36. The third-order valence-electron chi connectivity index (χ3n) is 2.89. The number of anilines is 1. The second-order valence-electron chi connectivity index (χ2n) is 4.50. The molecule has 1 unspecified atom stereocenters. The molecule has 0 aliphatic rings. The maximum absolute atomic E-state index is 5.59. The molecular weight excluding hydrogens is 228 g/mol. The Bertz CT molecular complexity index is 357. The summed E-state index contributed by atoms with van der Waals surface area (Å²) in [6.45, 7) is 8.35. The molecule has 0 bridgehead atoms. The largest absolute Gasteiger partial charge is 0.478 e. The van der Waals surface area contributed by atoms with Gasteiger partial charge >= 0.3 is 0 Å². The SMILES string of the molecule is CCOc1ncnc(NCCCC(C)CN)c1C. The van der Waals surface area contributed by atoms with Gasteiger partial charge in [0.2, 0.25) is 5.88 Å². The summed E-state index contributed by atoms with van der Waals surface area (Å²) in [5.74, 6) is 2.09. The molecule has 0 aliphatic carbocycles. The summed E-state index contributed by atoms with van der Waals surface area (Å²) in [6, 6.07) is 0. The van der Waals surface area contributed by atoms with Gasteiger partial charge in [0.25, 0.3) is 0 Å². The van der Waals surface area contributed by atoms with Gasteiger partial charge in [0.1, 0.15) is 12.1 Å². The van der Waals surface area contributed by atoms with E-state index in [9.17, 15) is 0 Å². The van der Waals surface area contributed by atoms with Gasteiger partial charge in [0, 0.05) is 6.54 Å². The van der Waals surface area contributed by atoms with Gasteiger partial charge in [-0.3, -0.25) is 0 Å². The first kappa shape index (κ1) is 14.7. The maximum atomic E-state index is 5.59. The quantitative estimate of drug-likeness (QED) is 0.692. The first-order valence-electron chi connectivity index (χ1n) is 6.57. The molecule has 0 spiro atoms. The van der Waals surface area contributed by atoms with Gasteiger partial charge in [-0.25, -0.2) is 9.97 Å². The van der Waals surface area contributed by atoms with E-state index in [0.29, 0.717) is 18.4 Å². The minimum absolute atomic E-state index is 0.581. The molecule has 1 heterocycles. The number of hydrogen-bond acceptors (Lipinski definition) is 5. The monoisotopic (exact) mass is 252 g/mol. The van der Waals surface area contributed by atoms with Crippen LogP contribution in [0.2, 0.25) is 0 Å². The van der Waals surface area contributed by atoms with Crippen LogP contribution in [0.4, 0.5) is 5.82 Å². The van der Waals surface area contributed by atoms with Gasteiger partial charge < -0.3 is 15.8 Å². The van der Waals surface area contributed by atoms with Gasteiger partial charge in [0.05, 0.1) is 12.2 Å². The van der Waals surface area contributed by atoms with Crippen LogP contribution in [0.5, 0.6) is 5.88 Å². The van der Waals surface area contributed by atoms with Crippen molar-refractivity contribution in [3.8, 4) is 5.88 Å². The van der Waals surface area contributed by atoms with Crippen molar-refractivity contribution in [2.45, 2.75) is 33.6 Å². The average Bonchev–Trinajstić information content (AvgIpc) is 2.38. The van der Waals surface area contributed by atoms with Crippen LogP contribution >= 0.6 is 0 Å². The number of nitrogens with two attached hydrogens (primary N) is 1. The Morgan fingerprint density at radius 3 is 2.89 bits per heavy atom. The second kappa shape index (κ2) is 7.87. The van der Waals surface area contributed by atoms with E-state index < -0.39 is 0 Å². The summed E-state index contributed by atoms with van der Waals surface area (Å²) in [4.78, 5) is 8.34. The fraction of sp³-hybridized carbons (Fsp3) is 0.692. The molecule has 5 heteroatoms. The van der Waals surface area contributed by atoms with Crippen LogP contribution in [-0.2, 0) is 0 Å². The summed E-state index contributed by atoms with van der Waals surface area (Å²) < 4.78 is 5.43. The number of ether oxygens (including phenoxy) is 1. The molecule has 102 valence electrons. The maximum Gasteiger partial charge on any atom is 0.221 e. The van der Waals surface area contributed by atoms with Crippen molar-refractivity contribution in [1.29, 1.82) is 0 Å². The molecular formula is C13H24N4O. The Kier molecular flexibility index (Phi) is 6.43. The fourth-order valence-electron chi connectivity index (χ4n) is 1.67. The van der Waals surface area contributed by atoms with E-state index in [1.807, 2.05) is 13.8 Å². The zero-order chi connectivity index (χ0) is 13.4. The zero-order valence-corrected chi connectivity index (χ0v) is 11.6. The topological polar surface area (TPSA) is 73.1 Å². The zero-order valence-electron chi connectivity index (χ0n) is 11.6. The molecule has 1 aromatic heterocycles. The third-order valence-corrected chi connectivity index (χ3v) is 2.89. The minimum Gasteiger partial charge on any atom is -0.478 e. The number of rotatable bonds is 8. The highest BCUT2D eigenvalue weighted by Gasteiger charge is 2.07. The number of nitrogens with zero attached hydrogens (tertiary/aromatic N) is 2. The molecule has 0 aliphatic heterocycles. The van der Waals surface area contributed by atoms with Crippen LogP contribution in [0, 0.1) is 12.8 Å². The molecule has 3 N–H and O–H groups in total. The molecule has 1 aromatic rings. The molecule has 5 nitrogen and oxygen atoms in total. The lowest BCUT2D eigenvalue weighted by molar-refractivity contribution is 0.324. The van der Waals surface area contributed by atoms with Crippen LogP contribution in [0.25, 0.3) is 0 Å². The van der Waals surface area contributed by atoms with Crippen molar-refractivity contribution in [3.05, 3.63) is 11.9 Å². The lowest BCUT2D eigenvalue weighted by atomic mass is 10.1. The van der Waals surface area contributed by atoms with Gasteiger partial charge in [-0.1, -0.05) is 6.92 Å². The highest BCUT2D eigenvalue weighted by molar-refractivity contribution is 5.47. The van der Waals surface area contributed by atoms with Crippen molar-refractivity contribution in [2.24, 2.45) is 11.7 Å². The highest BCUT2D eigenvalue weighted by Crippen LogP contribution is 2.20. The van der Waals surface area contributed by atoms with Crippen molar-refractivity contribution >= 4 is 5.82 Å². The Morgan fingerprint density at radius 2 is 2.22 bits per heavy atom. The summed E-state index contributed by atoms with van der Waals surface area (Å²) in [7, 11) is 0. The minimum atomic E-state index is 0.581. The number of aromatic nitrogens is 2. The average molecular weight is 252 g/mol. The van der Waals surface area contributed by atoms with Gasteiger partial charge in [-0.05, 0) is 39.2 Å². The Morgan fingerprint density at radius 1 is 1.44 bits per heavy atom. The Labute approximate surface area is 109 Å². The first-order valence-corrected chi connectivity index (χ1v) is 6.57. The standard InChI is InChI=1S/C13H24N4O/c1-4-18-13-11(3)12(16-9-17-13)15-7-5-6-10(2)8-14/h9-10H,4-8,14H2,1-3H3,(H,15,16,17). The fourth-order valence-corrected chi connectivity index (χ4v) is 1.67. The van der Waals surface area contributed by atoms with Crippen LogP contribution < -0.4 is 15.8 Å². The Balaban J connectivity index is 2.44. The summed E-state index contributed by atoms with van der Waals surface area (Å²) in [6.07, 6.45) is 3.75. The van der Waals surface area contributed by atoms with E-state index in [1.54, 1.807) is 0 Å². The molecule has 0 radical (unpaired) electrons. The van der Waals surface area contributed by atoms with Gasteiger partial charge in [0.15, 0.2) is 0 Å². The van der Waals surface area contributed by atoms with E-state index in [1.165, 1.54) is 6.33 Å². The van der Waals surface area contributed by atoms with Gasteiger partial charge in [-0.15, -0.1) is 0 Å². The van der Waals surface area contributed by atoms with E-state index in [-0.39, 0.29) is 0 Å². The smallest absolute Gasteiger partial charge is 0.221 e. The first-order chi connectivity index (χ1) is 8.69. The van der Waals surface area contributed by atoms with Crippen LogP contribution in [0.15, 0.2) is 6.33 Å². The van der Waals surface area contributed by atoms with Crippen LogP contribution in [0.3, 0.4) is 0 Å². The van der Waals surface area contributed by atoms with Crippen molar-refractivity contribution in [2.75, 3.05) is 25.0 Å². The predicted molar refractivity (Wildman–Crippen MR) is 73.9 cm³/mol. The summed E-state index contributed by atoms with van der Waals surface area (Å²) in [5.41, 5.74) is 6.55. The second-order valence-corrected chi connectivity index (χ2v) is 4.50. The summed E-state index contributed by atoms with van der Waals surface area (Å²) in [5, 5.41) is 3.32. The molecule has 1 rings (SSSR count). The molecule has 0 aromatic carbocycles. The van der Waals surface area contributed by atoms with E-state index in [2.05, 4.69) is 22.2 Å². The molecule has 18 heavy (non-hydrogen) atoms. The van der Waals surface area contributed by atoms with Gasteiger partial charge in [-0.2, -0.15) is 0 Å². The third kappa shape index (κ3) is 4.49. The van der Waals surface area contributed by atoms with Crippen molar-refractivity contribution < 1.29 is 4.74 Å². The van der Waals surface area contributed by atoms with E-state index in [4.69, 9.17) is 10.5 Å². The van der Waals surface area contributed by atoms with Crippen molar-refractivity contribution in [1.82, 2.24) is 9.97 Å². The molecule has 0 saturated carbocycles. The van der Waals surface area contributed by atoms with Crippen LogP contribution in [-0.4, -0.2) is 29.7 Å². The van der Waals surface area contributed by atoms with E-state index in [0.717, 1.165) is 37.3 Å². The molecule has 0 saturated heterocycles. The summed E-state index contributed by atoms with van der Waals surface area (Å²) >= 11 is 0. The highest BCUT2D eigenvalue weighted by atomic mass is 16.5. The number of hydrogen-bond donors (Lipinski definition) is 2. The van der Waals surface area contributed by atoms with Crippen molar-refractivity contribution in [3.63, 3.8) is 0 Å². The predicted octanol–water partition coefficient (Wildman–Crippen LogP) is 1.97. The molecule has 0 amide bonds. The lowest BCUT2D eigenvalue weighted by Gasteiger charge is -2.12. The number of nitrogens with one attached hydrogen (secondary N) is 1.